The Bertz CT molecular complexity index is 3770. The van der Waals surface area contributed by atoms with E-state index in [0.717, 1.165) is 76.1 Å². The van der Waals surface area contributed by atoms with E-state index in [2.05, 4.69) is 94.5 Å². The molecule has 3 aliphatic carbocycles. The molecule has 87 heavy (non-hydrogen) atoms. The fourth-order valence-corrected chi connectivity index (χ4v) is 11.2. The van der Waals surface area contributed by atoms with Gasteiger partial charge < -0.3 is 11.4 Å². The Kier molecular flexibility index (Phi) is 24.7. The van der Waals surface area contributed by atoms with Crippen molar-refractivity contribution in [3.8, 4) is 17.1 Å². The number of allylic oxidation sites excluding steroid dienone is 1. The normalized spacial score (nSPS) is 15.2. The van der Waals surface area contributed by atoms with E-state index in [0.29, 0.717) is 54.0 Å². The van der Waals surface area contributed by atoms with Crippen molar-refractivity contribution in [1.29, 1.82) is 0 Å². The van der Waals surface area contributed by atoms with Crippen LogP contribution in [0.4, 0.5) is 43.4 Å². The summed E-state index contributed by atoms with van der Waals surface area (Å²) in [6.45, 7) is 54.3. The summed E-state index contributed by atoms with van der Waals surface area (Å²) in [4.78, 5) is 23.3. The molecule has 0 spiro atoms. The molecule has 0 amide bonds. The minimum atomic E-state index is -0.932. The Morgan fingerprint density at radius 2 is 0.977 bits per heavy atom. The fourth-order valence-electron chi connectivity index (χ4n) is 11.1. The number of benzene rings is 4. The molecule has 4 aromatic carbocycles. The Balaban J connectivity index is 0.000000300. The summed E-state index contributed by atoms with van der Waals surface area (Å²) in [6.07, 6.45) is 6.50. The van der Waals surface area contributed by atoms with Gasteiger partial charge in [0.15, 0.2) is 5.78 Å². The Hall–Kier alpha value is -6.76. The predicted octanol–water partition coefficient (Wildman–Crippen LogP) is 14.1. The zero-order valence-corrected chi connectivity index (χ0v) is 55.3. The first-order chi connectivity index (χ1) is 39.7. The largest absolute Gasteiger partial charge is 1.00 e. The number of halogens is 7. The molecule has 453 valence electrons. The summed E-state index contributed by atoms with van der Waals surface area (Å²) in [6, 6.07) is 10.9. The van der Waals surface area contributed by atoms with Crippen LogP contribution in [0.25, 0.3) is 37.7 Å². The number of hydrogen-bond donors (Lipinski definition) is 1. The number of hydrogen-bond acceptors (Lipinski definition) is 6. The Morgan fingerprint density at radius 1 is 0.598 bits per heavy atom. The van der Waals surface area contributed by atoms with E-state index in [-0.39, 0.29) is 72.8 Å². The van der Waals surface area contributed by atoms with Gasteiger partial charge in [-0.1, -0.05) is 104 Å². The average molecular weight is 1220 g/mol. The van der Waals surface area contributed by atoms with Gasteiger partial charge in [-0.2, -0.15) is 15.3 Å². The number of ketones is 1. The number of aryl methyl sites for hydroxylation is 6. The molecule has 1 N–H and O–H groups in total. The molecule has 0 saturated heterocycles. The van der Waals surface area contributed by atoms with E-state index in [4.69, 9.17) is 31.3 Å². The summed E-state index contributed by atoms with van der Waals surface area (Å²) >= 11 is 5.95. The van der Waals surface area contributed by atoms with E-state index in [1.165, 1.54) is 45.7 Å². The fraction of sp³-hybridized carbons (Fsp3) is 0.409. The van der Waals surface area contributed by atoms with Crippen LogP contribution >= 0.6 is 11.6 Å². The van der Waals surface area contributed by atoms with Gasteiger partial charge in [0.2, 0.25) is 0 Å². The van der Waals surface area contributed by atoms with Gasteiger partial charge in [0.1, 0.15) is 34.9 Å². The van der Waals surface area contributed by atoms with Crippen LogP contribution in [-0.2, 0) is 19.3 Å². The molecule has 7 aromatic rings. The molecule has 3 heterocycles. The van der Waals surface area contributed by atoms with E-state index >= 15 is 0 Å². The number of Topliss-reactive ketones (excluding diaryl/α,β-unsaturated/α-hetero) is 1. The molecule has 3 radical (unpaired) electrons. The molecule has 0 aliphatic heterocycles. The van der Waals surface area contributed by atoms with Crippen molar-refractivity contribution < 1.29 is 67.2 Å². The van der Waals surface area contributed by atoms with Crippen LogP contribution in [0, 0.1) is 112 Å². The molecule has 21 heteroatoms. The maximum absolute atomic E-state index is 13.9. The first kappa shape index (κ1) is 72.7. The van der Waals surface area contributed by atoms with Gasteiger partial charge in [0, 0.05) is 31.0 Å². The molecule has 10 rings (SSSR count). The van der Waals surface area contributed by atoms with E-state index < -0.39 is 58.1 Å². The number of nitrogens with zero attached hydrogens (tertiary/aromatic N) is 10. The number of fused-ring (bicyclic) bond motifs is 3. The molecular weight excluding hydrogens is 1150 g/mol. The van der Waals surface area contributed by atoms with Crippen LogP contribution in [0.1, 0.15) is 155 Å². The summed E-state index contributed by atoms with van der Waals surface area (Å²) < 4.78 is 87.9. The molecule has 0 fully saturated rings. The first-order valence-corrected chi connectivity index (χ1v) is 28.3. The predicted molar refractivity (Wildman–Crippen MR) is 329 cm³/mol. The minimum absolute atomic E-state index is 0. The van der Waals surface area contributed by atoms with Crippen molar-refractivity contribution in [1.82, 2.24) is 34.2 Å². The van der Waals surface area contributed by atoms with Gasteiger partial charge in [-0.3, -0.25) is 4.79 Å². The molecule has 0 bridgehead atoms. The smallest absolute Gasteiger partial charge is 1.00 e. The van der Waals surface area contributed by atoms with Crippen molar-refractivity contribution >= 4 is 48.9 Å². The molecule has 3 aliphatic rings. The van der Waals surface area contributed by atoms with Crippen molar-refractivity contribution in [3.05, 3.63) is 196 Å². The van der Waals surface area contributed by atoms with Crippen molar-refractivity contribution in [2.75, 3.05) is 19.6 Å². The quantitative estimate of drug-likeness (QED) is 0.101. The van der Waals surface area contributed by atoms with Crippen LogP contribution in [0.5, 0.6) is 0 Å². The molecule has 3 aromatic heterocycles. The van der Waals surface area contributed by atoms with Crippen LogP contribution in [0.3, 0.4) is 0 Å². The van der Waals surface area contributed by atoms with Gasteiger partial charge in [-0.05, 0) is 151 Å². The maximum atomic E-state index is 13.9. The van der Waals surface area contributed by atoms with Gasteiger partial charge >= 0.3 is 29.6 Å². The van der Waals surface area contributed by atoms with Gasteiger partial charge in [0.25, 0.3) is 17.1 Å². The number of carbonyl (C=O) groups excluding carboxylic acids is 1. The van der Waals surface area contributed by atoms with Crippen molar-refractivity contribution in [2.45, 2.75) is 142 Å². The van der Waals surface area contributed by atoms with E-state index in [9.17, 15) is 36.2 Å². The standard InChI is InChI=1S/C17H17F2N3O.C17H15F2N3O.C17H15F2N3.C9H11Cl.C6H15N.B.Na.H/c2*1-9-15-13(7-17(2,3)8-14(15)23)22(21-9)10-5-11(18)16(20-4)12(19)6-10;1-10-12-5-6-17(2,3)9-15(12)22(21-10)11-7-13(18)16(20-4)14(19)8-11;1-6-4-7(2)9(10)8(3)5-6;1-4-7(5-2)6-3;;;/h5-6,14,23H,7-8H2,1-3H3;5-6H,7-8H2,1-3H3;5-8H,9H2,1-3H3;4-5H,1-3H3;4-6H2,1-3H3;;;/q;;;;;;+1;-1. The summed E-state index contributed by atoms with van der Waals surface area (Å²) in [7, 11) is 0. The number of aliphatic hydroxyl groups is 1. The third-order valence-corrected chi connectivity index (χ3v) is 15.8. The third-order valence-electron chi connectivity index (χ3n) is 15.2. The zero-order chi connectivity index (χ0) is 63.4. The summed E-state index contributed by atoms with van der Waals surface area (Å²) in [5, 5.41) is 24.4. The number of rotatable bonds is 6. The Labute approximate surface area is 538 Å². The molecular formula is C66H74BClF6N10NaO2. The van der Waals surface area contributed by atoms with E-state index in [1.807, 2.05) is 54.5 Å². The summed E-state index contributed by atoms with van der Waals surface area (Å²) in [5.74, 6) is -5.41. The molecule has 0 saturated carbocycles. The third kappa shape index (κ3) is 16.7. The van der Waals surface area contributed by atoms with Gasteiger partial charge in [-0.25, -0.2) is 54.9 Å². The van der Waals surface area contributed by atoms with Crippen LogP contribution in [0.2, 0.25) is 5.02 Å². The SMILES string of the molecule is CCN(CC)CC.Cc1cc(C)c(Cl)c(C)c1.[B].[C-]#[N+]c1c(F)cc(-n2nc(C)c3c2CC(C)(C)C=C3)cc1F.[C-]#[N+]c1c(F)cc(-n2nc(C)c3c2CC(C)(C)CC3=O)cc1F.[C-]#[N+]c1c(F)cc(-n2nc(C)c3c2CC(C)(C)CC3O)cc1F.[H-].[Na+]. The van der Waals surface area contributed by atoms with Crippen LogP contribution in [-0.4, -0.2) is 73.2 Å². The molecule has 12 nitrogen and oxygen atoms in total. The van der Waals surface area contributed by atoms with E-state index in [1.54, 1.807) is 18.5 Å². The van der Waals surface area contributed by atoms with Crippen molar-refractivity contribution in [2.24, 2.45) is 16.2 Å². The number of aromatic nitrogens is 6. The second-order valence-electron chi connectivity index (χ2n) is 24.0. The minimum Gasteiger partial charge on any atom is -1.00 e. The monoisotopic (exact) mass is 1220 g/mol. The second-order valence-corrected chi connectivity index (χ2v) is 24.4. The number of aliphatic hydroxyl groups excluding tert-OH is 1. The topological polar surface area (TPSA) is 107 Å². The average Bonchev–Trinajstić information content (AvgIpc) is 1.61. The van der Waals surface area contributed by atoms with Gasteiger partial charge in [0.05, 0.1) is 82.6 Å². The molecule has 1 unspecified atom stereocenters. The van der Waals surface area contributed by atoms with Crippen molar-refractivity contribution in [3.63, 3.8) is 0 Å². The molecule has 1 atom stereocenters. The van der Waals surface area contributed by atoms with Crippen LogP contribution in [0.15, 0.2) is 54.6 Å². The second kappa shape index (κ2) is 29.5. The summed E-state index contributed by atoms with van der Waals surface area (Å²) in [5.41, 5.74) is 8.73. The number of carbonyl (C=O) groups is 1. The maximum Gasteiger partial charge on any atom is 1.00 e. The van der Waals surface area contributed by atoms with Gasteiger partial charge in [-0.15, -0.1) is 0 Å². The van der Waals surface area contributed by atoms with Crippen LogP contribution < -0.4 is 29.6 Å². The Morgan fingerprint density at radius 3 is 1.38 bits per heavy atom. The first-order valence-electron chi connectivity index (χ1n) is 28.0. The zero-order valence-electron chi connectivity index (χ0n) is 53.6.